The minimum Gasteiger partial charge on any atom is -0.384 e. The van der Waals surface area contributed by atoms with Crippen LogP contribution in [0.1, 0.15) is 12.5 Å². The molecular formula is C11H16N2O4S. The van der Waals surface area contributed by atoms with Gasteiger partial charge in [-0.2, -0.15) is 0 Å². The predicted octanol–water partition coefficient (Wildman–Crippen LogP) is 1.75. The van der Waals surface area contributed by atoms with Crippen LogP contribution in [-0.4, -0.2) is 31.4 Å². The van der Waals surface area contributed by atoms with Crippen molar-refractivity contribution in [3.8, 4) is 0 Å². The molecule has 0 spiro atoms. The molecule has 0 radical (unpaired) electrons. The number of nitro groups is 1. The van der Waals surface area contributed by atoms with Crippen molar-refractivity contribution < 1.29 is 13.3 Å². The SMILES string of the molecule is CCS(=O)(=O)CCNc1ccc(C)c([N+](=O)[O-])c1. The van der Waals surface area contributed by atoms with Gasteiger partial charge in [-0.05, 0) is 13.0 Å². The number of rotatable bonds is 6. The van der Waals surface area contributed by atoms with E-state index < -0.39 is 14.8 Å². The Kier molecular flexibility index (Phi) is 4.66. The lowest BCUT2D eigenvalue weighted by Crippen LogP contribution is -2.17. The number of nitrogens with zero attached hydrogens (tertiary/aromatic N) is 1. The molecule has 0 aliphatic heterocycles. The molecule has 1 aromatic rings. The second-order valence-corrected chi connectivity index (χ2v) is 6.39. The number of nitrogens with one attached hydrogen (secondary N) is 1. The smallest absolute Gasteiger partial charge is 0.274 e. The number of benzene rings is 1. The molecule has 0 fully saturated rings. The summed E-state index contributed by atoms with van der Waals surface area (Å²) in [4.78, 5) is 10.3. The number of aryl methyl sites for hydroxylation is 1. The lowest BCUT2D eigenvalue weighted by Gasteiger charge is -2.07. The molecule has 0 unspecified atom stereocenters. The van der Waals surface area contributed by atoms with Gasteiger partial charge in [0.05, 0.1) is 10.7 Å². The minimum absolute atomic E-state index is 0.0190. The Labute approximate surface area is 106 Å². The molecule has 1 aromatic carbocycles. The van der Waals surface area contributed by atoms with E-state index in [1.165, 1.54) is 6.07 Å². The first-order chi connectivity index (χ1) is 8.35. The molecule has 0 heterocycles. The Hall–Kier alpha value is -1.63. The van der Waals surface area contributed by atoms with Crippen molar-refractivity contribution >= 4 is 21.2 Å². The molecular weight excluding hydrogens is 256 g/mol. The normalized spacial score (nSPS) is 11.2. The Morgan fingerprint density at radius 2 is 2.06 bits per heavy atom. The zero-order valence-electron chi connectivity index (χ0n) is 10.3. The third-order valence-corrected chi connectivity index (χ3v) is 4.29. The molecule has 18 heavy (non-hydrogen) atoms. The maximum Gasteiger partial charge on any atom is 0.274 e. The second kappa shape index (κ2) is 5.81. The topological polar surface area (TPSA) is 89.3 Å². The van der Waals surface area contributed by atoms with E-state index >= 15 is 0 Å². The van der Waals surface area contributed by atoms with Crippen molar-refractivity contribution in [2.45, 2.75) is 13.8 Å². The molecule has 0 atom stereocenters. The lowest BCUT2D eigenvalue weighted by atomic mass is 10.2. The van der Waals surface area contributed by atoms with Gasteiger partial charge in [-0.1, -0.05) is 13.0 Å². The van der Waals surface area contributed by atoms with Gasteiger partial charge < -0.3 is 5.32 Å². The highest BCUT2D eigenvalue weighted by molar-refractivity contribution is 7.91. The summed E-state index contributed by atoms with van der Waals surface area (Å²) >= 11 is 0. The van der Waals surface area contributed by atoms with Crippen molar-refractivity contribution in [3.05, 3.63) is 33.9 Å². The van der Waals surface area contributed by atoms with Crippen LogP contribution in [0.25, 0.3) is 0 Å². The molecule has 0 saturated carbocycles. The third-order valence-electron chi connectivity index (χ3n) is 2.59. The fourth-order valence-electron chi connectivity index (χ4n) is 1.41. The van der Waals surface area contributed by atoms with Gasteiger partial charge in [-0.15, -0.1) is 0 Å². The van der Waals surface area contributed by atoms with Crippen molar-refractivity contribution in [3.63, 3.8) is 0 Å². The van der Waals surface area contributed by atoms with Crippen LogP contribution >= 0.6 is 0 Å². The summed E-state index contributed by atoms with van der Waals surface area (Å²) in [6, 6.07) is 4.74. The number of hydrogen-bond acceptors (Lipinski definition) is 5. The lowest BCUT2D eigenvalue weighted by molar-refractivity contribution is -0.385. The van der Waals surface area contributed by atoms with E-state index in [0.29, 0.717) is 11.3 Å². The van der Waals surface area contributed by atoms with Crippen LogP contribution < -0.4 is 5.32 Å². The van der Waals surface area contributed by atoms with Crippen LogP contribution in [0.2, 0.25) is 0 Å². The van der Waals surface area contributed by atoms with E-state index in [-0.39, 0.29) is 23.7 Å². The van der Waals surface area contributed by atoms with Gasteiger partial charge in [0, 0.05) is 29.6 Å². The van der Waals surface area contributed by atoms with Crippen LogP contribution in [0.3, 0.4) is 0 Å². The van der Waals surface area contributed by atoms with Gasteiger partial charge >= 0.3 is 0 Å². The number of hydrogen-bond donors (Lipinski definition) is 1. The Morgan fingerprint density at radius 3 is 2.61 bits per heavy atom. The molecule has 7 heteroatoms. The number of anilines is 1. The van der Waals surface area contributed by atoms with Crippen LogP contribution in [-0.2, 0) is 9.84 Å². The molecule has 0 bridgehead atoms. The summed E-state index contributed by atoms with van der Waals surface area (Å²) in [6.45, 7) is 3.49. The highest BCUT2D eigenvalue weighted by atomic mass is 32.2. The van der Waals surface area contributed by atoms with Gasteiger partial charge in [0.25, 0.3) is 5.69 Å². The summed E-state index contributed by atoms with van der Waals surface area (Å²) < 4.78 is 22.5. The Morgan fingerprint density at radius 1 is 1.39 bits per heavy atom. The summed E-state index contributed by atoms with van der Waals surface area (Å²) in [5.41, 5.74) is 1.16. The molecule has 0 aliphatic rings. The van der Waals surface area contributed by atoms with Crippen LogP contribution in [0.4, 0.5) is 11.4 Å². The fraction of sp³-hybridized carbons (Fsp3) is 0.455. The zero-order chi connectivity index (χ0) is 13.8. The largest absolute Gasteiger partial charge is 0.384 e. The standard InChI is InChI=1S/C11H16N2O4S/c1-3-18(16,17)7-6-12-10-5-4-9(2)11(8-10)13(14)15/h4-5,8,12H,3,6-7H2,1-2H3. The maximum atomic E-state index is 11.3. The molecule has 0 saturated heterocycles. The Balaban J connectivity index is 2.69. The van der Waals surface area contributed by atoms with Gasteiger partial charge in [0.2, 0.25) is 0 Å². The second-order valence-electron chi connectivity index (χ2n) is 3.92. The molecule has 0 amide bonds. The van der Waals surface area contributed by atoms with Crippen molar-refractivity contribution in [1.82, 2.24) is 0 Å². The molecule has 6 nitrogen and oxygen atoms in total. The van der Waals surface area contributed by atoms with Crippen molar-refractivity contribution in [2.24, 2.45) is 0 Å². The molecule has 100 valence electrons. The first-order valence-electron chi connectivity index (χ1n) is 5.55. The summed E-state index contributed by atoms with van der Waals surface area (Å²) in [6.07, 6.45) is 0. The summed E-state index contributed by atoms with van der Waals surface area (Å²) in [7, 11) is -3.02. The fourth-order valence-corrected chi connectivity index (χ4v) is 2.11. The van der Waals surface area contributed by atoms with E-state index in [4.69, 9.17) is 0 Å². The minimum atomic E-state index is -3.02. The van der Waals surface area contributed by atoms with Gasteiger partial charge in [-0.25, -0.2) is 8.42 Å². The van der Waals surface area contributed by atoms with E-state index in [0.717, 1.165) is 0 Å². The van der Waals surface area contributed by atoms with Gasteiger partial charge in [0.1, 0.15) is 0 Å². The zero-order valence-corrected chi connectivity index (χ0v) is 11.2. The molecule has 1 rings (SSSR count). The van der Waals surface area contributed by atoms with Crippen LogP contribution in [0.15, 0.2) is 18.2 Å². The Bertz CT molecular complexity index is 540. The van der Waals surface area contributed by atoms with Gasteiger partial charge in [0.15, 0.2) is 9.84 Å². The van der Waals surface area contributed by atoms with E-state index in [1.807, 2.05) is 0 Å². The molecule has 0 aromatic heterocycles. The van der Waals surface area contributed by atoms with E-state index in [2.05, 4.69) is 5.32 Å². The van der Waals surface area contributed by atoms with Crippen LogP contribution in [0, 0.1) is 17.0 Å². The predicted molar refractivity (Wildman–Crippen MR) is 70.7 cm³/mol. The van der Waals surface area contributed by atoms with Crippen molar-refractivity contribution in [2.75, 3.05) is 23.4 Å². The van der Waals surface area contributed by atoms with E-state index in [9.17, 15) is 18.5 Å². The number of sulfone groups is 1. The monoisotopic (exact) mass is 272 g/mol. The van der Waals surface area contributed by atoms with Crippen molar-refractivity contribution in [1.29, 1.82) is 0 Å². The summed E-state index contributed by atoms with van der Waals surface area (Å²) in [5.74, 6) is 0.119. The highest BCUT2D eigenvalue weighted by Crippen LogP contribution is 2.22. The first kappa shape index (κ1) is 14.4. The molecule has 1 N–H and O–H groups in total. The van der Waals surface area contributed by atoms with Crippen LogP contribution in [0.5, 0.6) is 0 Å². The van der Waals surface area contributed by atoms with Gasteiger partial charge in [-0.3, -0.25) is 10.1 Å². The third kappa shape index (κ3) is 3.99. The quantitative estimate of drug-likeness (QED) is 0.629. The molecule has 0 aliphatic carbocycles. The van der Waals surface area contributed by atoms with E-state index in [1.54, 1.807) is 26.0 Å². The average molecular weight is 272 g/mol. The first-order valence-corrected chi connectivity index (χ1v) is 7.37. The average Bonchev–Trinajstić information content (AvgIpc) is 2.31. The number of nitro benzene ring substituents is 1. The summed E-state index contributed by atoms with van der Waals surface area (Å²) in [5, 5.41) is 13.6. The highest BCUT2D eigenvalue weighted by Gasteiger charge is 2.11. The maximum absolute atomic E-state index is 11.3.